The van der Waals surface area contributed by atoms with Crippen molar-refractivity contribution in [2.24, 2.45) is 10.2 Å². The number of amides is 2. The van der Waals surface area contributed by atoms with E-state index in [2.05, 4.69) is 10.2 Å². The molecule has 1 aliphatic heterocycles. The molecular formula is C24H17ClN4O5S. The Hall–Kier alpha value is -4.02. The Morgan fingerprint density at radius 1 is 1.09 bits per heavy atom. The molecule has 176 valence electrons. The van der Waals surface area contributed by atoms with Gasteiger partial charge in [0.05, 0.1) is 27.7 Å². The average Bonchev–Trinajstić information content (AvgIpc) is 3.09. The van der Waals surface area contributed by atoms with Gasteiger partial charge in [-0.3, -0.25) is 24.6 Å². The molecule has 0 spiro atoms. The molecule has 1 N–H and O–H groups in total. The summed E-state index contributed by atoms with van der Waals surface area (Å²) in [5.74, 6) is -0.730. The maximum Gasteiger partial charge on any atom is 0.293 e. The predicted molar refractivity (Wildman–Crippen MR) is 133 cm³/mol. The Morgan fingerprint density at radius 2 is 1.77 bits per heavy atom. The van der Waals surface area contributed by atoms with Crippen LogP contribution in [0.2, 0.25) is 5.02 Å². The highest BCUT2D eigenvalue weighted by Crippen LogP contribution is 2.36. The van der Waals surface area contributed by atoms with Crippen LogP contribution in [-0.2, 0) is 11.3 Å². The molecule has 1 aliphatic rings. The summed E-state index contributed by atoms with van der Waals surface area (Å²) in [6.07, 6.45) is 1.38. The Labute approximate surface area is 208 Å². The molecular weight excluding hydrogens is 492 g/mol. The Morgan fingerprint density at radius 3 is 2.49 bits per heavy atom. The number of nitrogens with zero attached hydrogens (tertiary/aromatic N) is 4. The second-order valence-electron chi connectivity index (χ2n) is 7.53. The summed E-state index contributed by atoms with van der Waals surface area (Å²) in [6, 6.07) is 15.6. The second kappa shape index (κ2) is 10.1. The number of imide groups is 1. The van der Waals surface area contributed by atoms with Gasteiger partial charge in [-0.05, 0) is 60.7 Å². The maximum atomic E-state index is 12.9. The normalized spacial score (nSPS) is 14.9. The molecule has 11 heteroatoms. The van der Waals surface area contributed by atoms with Crippen molar-refractivity contribution in [2.75, 3.05) is 0 Å². The highest BCUT2D eigenvalue weighted by atomic mass is 35.5. The number of para-hydroxylation sites is 1. The molecule has 0 unspecified atom stereocenters. The molecule has 9 nitrogen and oxygen atoms in total. The van der Waals surface area contributed by atoms with Crippen LogP contribution in [0.25, 0.3) is 6.08 Å². The molecule has 1 heterocycles. The van der Waals surface area contributed by atoms with Gasteiger partial charge in [0, 0.05) is 22.2 Å². The minimum absolute atomic E-state index is 0.0725. The van der Waals surface area contributed by atoms with Crippen LogP contribution >= 0.6 is 23.4 Å². The summed E-state index contributed by atoms with van der Waals surface area (Å²) in [4.78, 5) is 37.1. The third-order valence-corrected chi connectivity index (χ3v) is 6.44. The number of hydrogen-bond acceptors (Lipinski definition) is 8. The van der Waals surface area contributed by atoms with Gasteiger partial charge in [-0.1, -0.05) is 35.9 Å². The smallest absolute Gasteiger partial charge is 0.293 e. The van der Waals surface area contributed by atoms with Crippen molar-refractivity contribution >= 4 is 57.6 Å². The second-order valence-corrected chi connectivity index (χ2v) is 8.93. The van der Waals surface area contributed by atoms with Gasteiger partial charge in [-0.15, -0.1) is 0 Å². The van der Waals surface area contributed by atoms with E-state index in [0.717, 1.165) is 10.5 Å². The fraction of sp³-hybridized carbons (Fsp3) is 0.0833. The number of phenols is 1. The van der Waals surface area contributed by atoms with Gasteiger partial charge < -0.3 is 5.11 Å². The van der Waals surface area contributed by atoms with Crippen molar-refractivity contribution in [3.8, 4) is 5.75 Å². The number of phenolic OH excluding ortho intramolecular Hbond substituents is 1. The lowest BCUT2D eigenvalue weighted by molar-refractivity contribution is -0.385. The van der Waals surface area contributed by atoms with Crippen LogP contribution in [0.1, 0.15) is 16.7 Å². The highest BCUT2D eigenvalue weighted by molar-refractivity contribution is 8.18. The SMILES string of the molecule is Cc1ccc(N=Nc2ccc(O)c(/C=C3\SC(=O)N(Cc4ccccc4[N+](=O)[O-])C3=O)c2)cc1Cl. The minimum atomic E-state index is -0.612. The zero-order valence-electron chi connectivity index (χ0n) is 18.2. The first-order chi connectivity index (χ1) is 16.7. The molecule has 35 heavy (non-hydrogen) atoms. The van der Waals surface area contributed by atoms with Crippen LogP contribution in [0.15, 0.2) is 75.8 Å². The maximum absolute atomic E-state index is 12.9. The summed E-state index contributed by atoms with van der Waals surface area (Å²) in [7, 11) is 0. The van der Waals surface area contributed by atoms with E-state index in [4.69, 9.17) is 11.6 Å². The van der Waals surface area contributed by atoms with Gasteiger partial charge in [-0.25, -0.2) is 0 Å². The summed E-state index contributed by atoms with van der Waals surface area (Å²) in [5, 5.41) is 29.8. The van der Waals surface area contributed by atoms with Gasteiger partial charge in [0.1, 0.15) is 5.75 Å². The third kappa shape index (κ3) is 5.39. The molecule has 1 fully saturated rings. The molecule has 0 bridgehead atoms. The van der Waals surface area contributed by atoms with Gasteiger partial charge in [-0.2, -0.15) is 10.2 Å². The number of nitro groups is 1. The molecule has 2 amide bonds. The summed E-state index contributed by atoms with van der Waals surface area (Å²) in [5.41, 5.74) is 2.19. The van der Waals surface area contributed by atoms with Crippen LogP contribution in [0.4, 0.5) is 21.9 Å². The van der Waals surface area contributed by atoms with E-state index in [9.17, 15) is 24.8 Å². The number of aryl methyl sites for hydroxylation is 1. The summed E-state index contributed by atoms with van der Waals surface area (Å²) >= 11 is 6.79. The molecule has 3 aromatic carbocycles. The lowest BCUT2D eigenvalue weighted by atomic mass is 10.1. The summed E-state index contributed by atoms with van der Waals surface area (Å²) < 4.78 is 0. The van der Waals surface area contributed by atoms with Gasteiger partial charge in [0.25, 0.3) is 16.8 Å². The van der Waals surface area contributed by atoms with E-state index in [1.165, 1.54) is 36.4 Å². The highest BCUT2D eigenvalue weighted by Gasteiger charge is 2.36. The number of carbonyl (C=O) groups is 2. The first kappa shape index (κ1) is 24.1. The van der Waals surface area contributed by atoms with Crippen LogP contribution in [0.3, 0.4) is 0 Å². The first-order valence-electron chi connectivity index (χ1n) is 10.2. The van der Waals surface area contributed by atoms with Crippen LogP contribution in [-0.4, -0.2) is 26.1 Å². The van der Waals surface area contributed by atoms with Gasteiger partial charge >= 0.3 is 0 Å². The van der Waals surface area contributed by atoms with Crippen LogP contribution in [0, 0.1) is 17.0 Å². The van der Waals surface area contributed by atoms with Gasteiger partial charge in [0.2, 0.25) is 0 Å². The number of rotatable bonds is 6. The number of thioether (sulfide) groups is 1. The standard InChI is InChI=1S/C24H17ClN4O5S/c1-14-6-7-18(12-19(14)25)27-26-17-8-9-21(30)16(10-17)11-22-23(31)28(24(32)35-22)13-15-4-2-3-5-20(15)29(33)34/h2-12,30H,13H2,1H3/b22-11-,27-26?. The Bertz CT molecular complexity index is 1420. The van der Waals surface area contributed by atoms with E-state index >= 15 is 0 Å². The largest absolute Gasteiger partial charge is 0.507 e. The fourth-order valence-corrected chi connectivity index (χ4v) is 4.25. The lowest BCUT2D eigenvalue weighted by Crippen LogP contribution is -2.27. The number of aromatic hydroxyl groups is 1. The van der Waals surface area contributed by atoms with Crippen molar-refractivity contribution in [3.63, 3.8) is 0 Å². The van der Waals surface area contributed by atoms with Crippen molar-refractivity contribution in [3.05, 3.63) is 97.4 Å². The van der Waals surface area contributed by atoms with Crippen molar-refractivity contribution in [1.82, 2.24) is 4.90 Å². The monoisotopic (exact) mass is 508 g/mol. The third-order valence-electron chi connectivity index (χ3n) is 5.12. The van der Waals surface area contributed by atoms with Crippen molar-refractivity contribution in [2.45, 2.75) is 13.5 Å². The summed E-state index contributed by atoms with van der Waals surface area (Å²) in [6.45, 7) is 1.64. The van der Waals surface area contributed by atoms with E-state index in [0.29, 0.717) is 28.2 Å². The Kier molecular flexibility index (Phi) is 6.94. The lowest BCUT2D eigenvalue weighted by Gasteiger charge is -2.12. The van der Waals surface area contributed by atoms with E-state index in [1.807, 2.05) is 13.0 Å². The van der Waals surface area contributed by atoms with Crippen LogP contribution < -0.4 is 0 Å². The minimum Gasteiger partial charge on any atom is -0.507 e. The molecule has 0 aromatic heterocycles. The molecule has 0 atom stereocenters. The van der Waals surface area contributed by atoms with Crippen molar-refractivity contribution < 1.29 is 19.6 Å². The Balaban J connectivity index is 1.57. The number of halogens is 1. The number of benzene rings is 3. The number of nitro benzene ring substituents is 1. The zero-order valence-corrected chi connectivity index (χ0v) is 19.8. The molecule has 3 aromatic rings. The number of azo groups is 1. The van der Waals surface area contributed by atoms with Gasteiger partial charge in [0.15, 0.2) is 0 Å². The first-order valence-corrected chi connectivity index (χ1v) is 11.4. The molecule has 4 rings (SSSR count). The van der Waals surface area contributed by atoms with Crippen molar-refractivity contribution in [1.29, 1.82) is 0 Å². The van der Waals surface area contributed by atoms with E-state index < -0.39 is 16.1 Å². The number of carbonyl (C=O) groups excluding carboxylic acids is 2. The number of hydrogen-bond donors (Lipinski definition) is 1. The quantitative estimate of drug-likeness (QED) is 0.167. The van der Waals surface area contributed by atoms with E-state index in [1.54, 1.807) is 24.3 Å². The molecule has 0 radical (unpaired) electrons. The zero-order chi connectivity index (χ0) is 25.1. The molecule has 0 saturated carbocycles. The topological polar surface area (TPSA) is 125 Å². The van der Waals surface area contributed by atoms with E-state index in [-0.39, 0.29) is 34.0 Å². The van der Waals surface area contributed by atoms with Crippen LogP contribution in [0.5, 0.6) is 5.75 Å². The fourth-order valence-electron chi connectivity index (χ4n) is 3.25. The average molecular weight is 509 g/mol. The molecule has 1 saturated heterocycles. The molecule has 0 aliphatic carbocycles. The predicted octanol–water partition coefficient (Wildman–Crippen LogP) is 6.91.